The molecule has 0 saturated heterocycles. The minimum Gasteiger partial charge on any atom is -0.464 e. The van der Waals surface area contributed by atoms with Gasteiger partial charge in [0.1, 0.15) is 11.6 Å². The van der Waals surface area contributed by atoms with Crippen LogP contribution >= 0.6 is 11.3 Å². The number of hydrogen-bond acceptors (Lipinski definition) is 6. The van der Waals surface area contributed by atoms with Crippen molar-refractivity contribution in [3.8, 4) is 0 Å². The number of hydrogen-bond donors (Lipinski definition) is 1. The Kier molecular flexibility index (Phi) is 4.16. The van der Waals surface area contributed by atoms with Crippen molar-refractivity contribution >= 4 is 23.1 Å². The minimum atomic E-state index is -0.500. The molecule has 0 amide bonds. The lowest BCUT2D eigenvalue weighted by Gasteiger charge is -2.07. The predicted molar refractivity (Wildman–Crippen MR) is 73.2 cm³/mol. The molecule has 0 saturated carbocycles. The Morgan fingerprint density at radius 3 is 2.95 bits per heavy atom. The number of rotatable bonds is 5. The summed E-state index contributed by atoms with van der Waals surface area (Å²) < 4.78 is 6.53. The maximum absolute atomic E-state index is 11.6. The number of thiazole rings is 1. The quantitative estimate of drug-likeness (QED) is 0.839. The van der Waals surface area contributed by atoms with Crippen LogP contribution in [0.2, 0.25) is 0 Å². The van der Waals surface area contributed by atoms with Crippen molar-refractivity contribution in [3.63, 3.8) is 0 Å². The van der Waals surface area contributed by atoms with Crippen molar-refractivity contribution in [3.05, 3.63) is 28.1 Å². The number of nitrogens with zero attached hydrogens (tertiary/aromatic N) is 3. The second kappa shape index (κ2) is 5.83. The summed E-state index contributed by atoms with van der Waals surface area (Å²) in [5.41, 5.74) is 6.17. The highest BCUT2D eigenvalue weighted by Gasteiger charge is 2.20. The fourth-order valence-electron chi connectivity index (χ4n) is 1.86. The number of nitrogen functional groups attached to an aromatic ring is 1. The van der Waals surface area contributed by atoms with E-state index in [0.717, 1.165) is 17.3 Å². The van der Waals surface area contributed by atoms with Gasteiger partial charge in [-0.1, -0.05) is 6.92 Å². The summed E-state index contributed by atoms with van der Waals surface area (Å²) in [6.07, 6.45) is 3.25. The van der Waals surface area contributed by atoms with Gasteiger partial charge in [-0.05, 0) is 0 Å². The van der Waals surface area contributed by atoms with Gasteiger partial charge in [0.2, 0.25) is 0 Å². The largest absolute Gasteiger partial charge is 0.464 e. The molecule has 0 unspecified atom stereocenters. The van der Waals surface area contributed by atoms with E-state index in [2.05, 4.69) is 14.7 Å². The van der Waals surface area contributed by atoms with Gasteiger partial charge >= 0.3 is 5.97 Å². The van der Waals surface area contributed by atoms with E-state index < -0.39 is 5.97 Å². The molecular formula is C12H16N4O2S. The number of methoxy groups -OCH3 is 1. The Balaban J connectivity index is 2.23. The molecule has 2 aromatic heterocycles. The van der Waals surface area contributed by atoms with Crippen molar-refractivity contribution in [2.24, 2.45) is 0 Å². The molecule has 2 rings (SSSR count). The Morgan fingerprint density at radius 2 is 2.37 bits per heavy atom. The second-order valence-electron chi connectivity index (χ2n) is 3.93. The van der Waals surface area contributed by atoms with Gasteiger partial charge in [-0.25, -0.2) is 14.8 Å². The van der Waals surface area contributed by atoms with Crippen molar-refractivity contribution in [2.75, 3.05) is 12.8 Å². The van der Waals surface area contributed by atoms with Crippen LogP contribution < -0.4 is 5.73 Å². The molecule has 0 atom stereocenters. The summed E-state index contributed by atoms with van der Waals surface area (Å²) in [5, 5.41) is 2.97. The first kappa shape index (κ1) is 13.5. The number of carbonyl (C=O) groups is 1. The van der Waals surface area contributed by atoms with Crippen LogP contribution in [0.1, 0.15) is 28.2 Å². The highest BCUT2D eigenvalue weighted by Crippen LogP contribution is 2.17. The van der Waals surface area contributed by atoms with Gasteiger partial charge in [-0.2, -0.15) is 0 Å². The summed E-state index contributed by atoms with van der Waals surface area (Å²) in [6, 6.07) is 0. The normalized spacial score (nSPS) is 10.6. The van der Waals surface area contributed by atoms with Crippen LogP contribution in [0, 0.1) is 0 Å². The van der Waals surface area contributed by atoms with Gasteiger partial charge in [0, 0.05) is 31.0 Å². The number of aromatic nitrogens is 3. The van der Waals surface area contributed by atoms with Crippen molar-refractivity contribution in [2.45, 2.75) is 26.3 Å². The van der Waals surface area contributed by atoms with E-state index in [1.54, 1.807) is 17.5 Å². The van der Waals surface area contributed by atoms with Gasteiger partial charge in [-0.3, -0.25) is 0 Å². The number of esters is 1. The number of carbonyl (C=O) groups excluding carboxylic acids is 1. The average molecular weight is 280 g/mol. The van der Waals surface area contributed by atoms with E-state index in [-0.39, 0.29) is 5.69 Å². The van der Waals surface area contributed by atoms with Crippen LogP contribution in [-0.4, -0.2) is 27.6 Å². The first-order chi connectivity index (χ1) is 9.17. The zero-order chi connectivity index (χ0) is 13.8. The molecule has 0 fully saturated rings. The summed E-state index contributed by atoms with van der Waals surface area (Å²) in [4.78, 5) is 20.0. The Labute approximate surface area is 115 Å². The lowest BCUT2D eigenvalue weighted by molar-refractivity contribution is 0.0595. The van der Waals surface area contributed by atoms with Crippen molar-refractivity contribution in [1.29, 1.82) is 0 Å². The third-order valence-electron chi connectivity index (χ3n) is 2.81. The van der Waals surface area contributed by atoms with Gasteiger partial charge in [0.15, 0.2) is 5.69 Å². The Morgan fingerprint density at radius 1 is 1.58 bits per heavy atom. The smallest absolute Gasteiger partial charge is 0.360 e. The third-order valence-corrected chi connectivity index (χ3v) is 3.65. The SMILES string of the molecule is CCc1nc(C(=O)OC)c(N)n1CCc1nccs1. The van der Waals surface area contributed by atoms with Gasteiger partial charge in [-0.15, -0.1) is 11.3 Å². The van der Waals surface area contributed by atoms with E-state index in [1.807, 2.05) is 16.9 Å². The summed E-state index contributed by atoms with van der Waals surface area (Å²) in [5.74, 6) is 0.648. The molecule has 2 heterocycles. The molecule has 0 aromatic carbocycles. The van der Waals surface area contributed by atoms with Gasteiger partial charge < -0.3 is 15.0 Å². The maximum Gasteiger partial charge on any atom is 0.360 e. The molecule has 2 aromatic rings. The van der Waals surface area contributed by atoms with Crippen LogP contribution in [0.15, 0.2) is 11.6 Å². The Bertz CT molecular complexity index is 563. The minimum absolute atomic E-state index is 0.193. The number of imidazole rings is 1. The first-order valence-corrected chi connectivity index (χ1v) is 6.86. The summed E-state index contributed by atoms with van der Waals surface area (Å²) in [7, 11) is 1.32. The molecule has 19 heavy (non-hydrogen) atoms. The second-order valence-corrected chi connectivity index (χ2v) is 4.91. The molecule has 0 bridgehead atoms. The van der Waals surface area contributed by atoms with E-state index in [1.165, 1.54) is 7.11 Å². The maximum atomic E-state index is 11.6. The van der Waals surface area contributed by atoms with E-state index >= 15 is 0 Å². The first-order valence-electron chi connectivity index (χ1n) is 5.99. The summed E-state index contributed by atoms with van der Waals surface area (Å²) in [6.45, 7) is 2.63. The molecule has 7 heteroatoms. The molecule has 0 aliphatic rings. The molecule has 0 radical (unpaired) electrons. The molecule has 0 aliphatic heterocycles. The van der Waals surface area contributed by atoms with E-state index in [4.69, 9.17) is 5.73 Å². The highest BCUT2D eigenvalue weighted by atomic mass is 32.1. The molecule has 0 aliphatic carbocycles. The fraction of sp³-hybridized carbons (Fsp3) is 0.417. The van der Waals surface area contributed by atoms with Crippen LogP contribution in [0.5, 0.6) is 0 Å². The monoisotopic (exact) mass is 280 g/mol. The highest BCUT2D eigenvalue weighted by molar-refractivity contribution is 7.09. The van der Waals surface area contributed by atoms with Crippen LogP contribution in [-0.2, 0) is 24.1 Å². The number of anilines is 1. The molecular weight excluding hydrogens is 264 g/mol. The Hall–Kier alpha value is -1.89. The topological polar surface area (TPSA) is 83.0 Å². The fourth-order valence-corrected chi connectivity index (χ4v) is 2.47. The lowest BCUT2D eigenvalue weighted by Crippen LogP contribution is -2.10. The molecule has 2 N–H and O–H groups in total. The molecule has 0 spiro atoms. The summed E-state index contributed by atoms with van der Waals surface area (Å²) >= 11 is 1.60. The third kappa shape index (κ3) is 2.76. The standard InChI is InChI=1S/C12H16N4O2S/c1-3-8-15-10(12(17)18-2)11(13)16(8)6-4-9-14-5-7-19-9/h5,7H,3-4,6,13H2,1-2H3. The predicted octanol–water partition coefficient (Wildman–Crippen LogP) is 1.51. The van der Waals surface area contributed by atoms with Gasteiger partial charge in [0.05, 0.1) is 12.1 Å². The molecule has 6 nitrogen and oxygen atoms in total. The zero-order valence-corrected chi connectivity index (χ0v) is 11.7. The zero-order valence-electron chi connectivity index (χ0n) is 10.9. The van der Waals surface area contributed by atoms with Crippen LogP contribution in [0.4, 0.5) is 5.82 Å². The lowest BCUT2D eigenvalue weighted by atomic mass is 10.4. The number of ether oxygens (including phenoxy) is 1. The van der Waals surface area contributed by atoms with Crippen LogP contribution in [0.25, 0.3) is 0 Å². The number of nitrogens with two attached hydrogens (primary N) is 1. The number of aryl methyl sites for hydroxylation is 2. The van der Waals surface area contributed by atoms with Crippen LogP contribution in [0.3, 0.4) is 0 Å². The van der Waals surface area contributed by atoms with Gasteiger partial charge in [0.25, 0.3) is 0 Å². The average Bonchev–Trinajstić information content (AvgIpc) is 3.03. The van der Waals surface area contributed by atoms with E-state index in [9.17, 15) is 4.79 Å². The molecule has 102 valence electrons. The van der Waals surface area contributed by atoms with Crippen molar-refractivity contribution < 1.29 is 9.53 Å². The van der Waals surface area contributed by atoms with E-state index in [0.29, 0.717) is 18.8 Å². The van der Waals surface area contributed by atoms with Crippen molar-refractivity contribution in [1.82, 2.24) is 14.5 Å².